The topological polar surface area (TPSA) is 102 Å². The molecule has 0 saturated carbocycles. The van der Waals surface area contributed by atoms with E-state index in [1.54, 1.807) is 6.92 Å². The predicted octanol–water partition coefficient (Wildman–Crippen LogP) is 1.35. The van der Waals surface area contributed by atoms with Gasteiger partial charge in [-0.25, -0.2) is 9.59 Å². The maximum absolute atomic E-state index is 11.2. The Bertz CT molecular complexity index is 426. The number of amides is 1. The summed E-state index contributed by atoms with van der Waals surface area (Å²) in [6, 6.07) is 0.703. The van der Waals surface area contributed by atoms with Crippen LogP contribution in [0.4, 0.5) is 4.79 Å². The van der Waals surface area contributed by atoms with E-state index in [1.807, 2.05) is 0 Å². The Morgan fingerprint density at radius 2 is 2.47 bits per heavy atom. The molecule has 0 aliphatic rings. The van der Waals surface area contributed by atoms with Gasteiger partial charge in [0.1, 0.15) is 6.61 Å². The van der Waals surface area contributed by atoms with E-state index in [2.05, 4.69) is 17.1 Å². The number of hydrogen-bond acceptors (Lipinski definition) is 5. The van der Waals surface area contributed by atoms with Gasteiger partial charge in [-0.05, 0) is 6.92 Å². The van der Waals surface area contributed by atoms with E-state index >= 15 is 0 Å². The van der Waals surface area contributed by atoms with E-state index in [9.17, 15) is 9.59 Å². The molecular formula is C10H12N2O5. The van der Waals surface area contributed by atoms with E-state index < -0.39 is 18.1 Å². The number of carbonyl (C=O) groups excluding carboxylic acids is 1. The monoisotopic (exact) mass is 240 g/mol. The lowest BCUT2D eigenvalue weighted by atomic mass is 10.2. The molecule has 1 aromatic rings. The van der Waals surface area contributed by atoms with Crippen LogP contribution in [0, 0.1) is 0 Å². The molecule has 17 heavy (non-hydrogen) atoms. The maximum Gasteiger partial charge on any atom is 0.408 e. The van der Waals surface area contributed by atoms with E-state index in [0.717, 1.165) is 0 Å². The molecule has 2 N–H and O–H groups in total. The van der Waals surface area contributed by atoms with Gasteiger partial charge in [-0.1, -0.05) is 17.8 Å². The molecule has 1 rings (SSSR count). The molecule has 1 heterocycles. The summed E-state index contributed by atoms with van der Waals surface area (Å²) in [5, 5.41) is 14.4. The molecule has 0 radical (unpaired) electrons. The number of rotatable bonds is 5. The first-order chi connectivity index (χ1) is 8.04. The number of nitrogens with zero attached hydrogens (tertiary/aromatic N) is 1. The van der Waals surface area contributed by atoms with Crippen LogP contribution < -0.4 is 5.32 Å². The Morgan fingerprint density at radius 1 is 1.76 bits per heavy atom. The maximum atomic E-state index is 11.2. The minimum absolute atomic E-state index is 0.0926. The van der Waals surface area contributed by atoms with Crippen molar-refractivity contribution < 1.29 is 24.0 Å². The van der Waals surface area contributed by atoms with E-state index in [0.29, 0.717) is 0 Å². The molecule has 0 fully saturated rings. The molecule has 0 aliphatic carbocycles. The largest absolute Gasteiger partial charge is 0.476 e. The highest BCUT2D eigenvalue weighted by molar-refractivity contribution is 5.85. The number of alkyl carbamates (subject to hydrolysis) is 1. The summed E-state index contributed by atoms with van der Waals surface area (Å²) in [7, 11) is 0. The summed E-state index contributed by atoms with van der Waals surface area (Å²) in [4.78, 5) is 21.7. The second-order valence-electron chi connectivity index (χ2n) is 3.17. The van der Waals surface area contributed by atoms with Crippen molar-refractivity contribution in [1.29, 1.82) is 0 Å². The van der Waals surface area contributed by atoms with Crippen molar-refractivity contribution in [2.24, 2.45) is 0 Å². The molecule has 1 unspecified atom stereocenters. The summed E-state index contributed by atoms with van der Waals surface area (Å²) in [6.07, 6.45) is 0.784. The third kappa shape index (κ3) is 3.63. The van der Waals surface area contributed by atoms with Crippen molar-refractivity contribution >= 4 is 12.1 Å². The van der Waals surface area contributed by atoms with E-state index in [1.165, 1.54) is 12.1 Å². The summed E-state index contributed by atoms with van der Waals surface area (Å²) >= 11 is 0. The number of hydrogen-bond donors (Lipinski definition) is 2. The molecule has 1 atom stereocenters. The summed E-state index contributed by atoms with van der Waals surface area (Å²) < 4.78 is 9.46. The van der Waals surface area contributed by atoms with Crippen LogP contribution in [-0.4, -0.2) is 28.9 Å². The van der Waals surface area contributed by atoms with Crippen molar-refractivity contribution in [2.45, 2.75) is 13.0 Å². The SMILES string of the molecule is C=CCOC(=O)NC(C)c1cc(C(=O)O)no1. The van der Waals surface area contributed by atoms with Crippen molar-refractivity contribution in [3.63, 3.8) is 0 Å². The van der Waals surface area contributed by atoms with Crippen LogP contribution in [0.25, 0.3) is 0 Å². The first-order valence-electron chi connectivity index (χ1n) is 4.78. The summed E-state index contributed by atoms with van der Waals surface area (Å²) in [5.41, 5.74) is -0.215. The van der Waals surface area contributed by atoms with Gasteiger partial charge in [-0.3, -0.25) is 0 Å². The number of aromatic carboxylic acids is 1. The zero-order chi connectivity index (χ0) is 12.8. The van der Waals surface area contributed by atoms with E-state index in [4.69, 9.17) is 14.4 Å². The third-order valence-electron chi connectivity index (χ3n) is 1.84. The van der Waals surface area contributed by atoms with Gasteiger partial charge in [0.25, 0.3) is 0 Å². The highest BCUT2D eigenvalue weighted by atomic mass is 16.5. The average Bonchev–Trinajstić information content (AvgIpc) is 2.75. The Kier molecular flexibility index (Phi) is 4.27. The molecule has 92 valence electrons. The highest BCUT2D eigenvalue weighted by Crippen LogP contribution is 2.13. The molecule has 0 saturated heterocycles. The van der Waals surface area contributed by atoms with Gasteiger partial charge in [0.05, 0.1) is 6.04 Å². The molecule has 7 heteroatoms. The van der Waals surface area contributed by atoms with Gasteiger partial charge in [-0.15, -0.1) is 0 Å². The van der Waals surface area contributed by atoms with Gasteiger partial charge in [0.2, 0.25) is 0 Å². The van der Waals surface area contributed by atoms with E-state index in [-0.39, 0.29) is 18.1 Å². The number of nitrogens with one attached hydrogen (secondary N) is 1. The molecular weight excluding hydrogens is 228 g/mol. The zero-order valence-corrected chi connectivity index (χ0v) is 9.17. The quantitative estimate of drug-likeness (QED) is 0.753. The molecule has 7 nitrogen and oxygen atoms in total. The second kappa shape index (κ2) is 5.69. The van der Waals surface area contributed by atoms with Crippen LogP contribution in [0.3, 0.4) is 0 Å². The molecule has 1 aromatic heterocycles. The minimum atomic E-state index is -1.19. The molecule has 1 amide bonds. The number of carboxylic acids is 1. The number of carbonyl (C=O) groups is 2. The second-order valence-corrected chi connectivity index (χ2v) is 3.17. The number of carboxylic acid groups (broad SMARTS) is 1. The minimum Gasteiger partial charge on any atom is -0.476 e. The van der Waals surface area contributed by atoms with Crippen LogP contribution in [0.1, 0.15) is 29.2 Å². The summed E-state index contributed by atoms with van der Waals surface area (Å²) in [6.45, 7) is 5.10. The average molecular weight is 240 g/mol. The number of ether oxygens (including phenoxy) is 1. The van der Waals surface area contributed by atoms with Gasteiger partial charge in [0.15, 0.2) is 11.5 Å². The Labute approximate surface area is 97.0 Å². The third-order valence-corrected chi connectivity index (χ3v) is 1.84. The van der Waals surface area contributed by atoms with Crippen LogP contribution in [0.15, 0.2) is 23.2 Å². The standard InChI is InChI=1S/C10H12N2O5/c1-3-4-16-10(15)11-6(2)8-5-7(9(13)14)12-17-8/h3,5-6H,1,4H2,2H3,(H,11,15)(H,13,14). The molecule has 0 spiro atoms. The smallest absolute Gasteiger partial charge is 0.408 e. The first kappa shape index (κ1) is 12.8. The van der Waals surface area contributed by atoms with Crippen LogP contribution in [0.5, 0.6) is 0 Å². The Morgan fingerprint density at radius 3 is 3.00 bits per heavy atom. The lowest BCUT2D eigenvalue weighted by molar-refractivity contribution is 0.0685. The van der Waals surface area contributed by atoms with Crippen molar-refractivity contribution in [3.8, 4) is 0 Å². The summed E-state index contributed by atoms with van der Waals surface area (Å²) in [5.74, 6) is -0.959. The lowest BCUT2D eigenvalue weighted by Gasteiger charge is -2.09. The van der Waals surface area contributed by atoms with Crippen LogP contribution >= 0.6 is 0 Å². The van der Waals surface area contributed by atoms with Gasteiger partial charge >= 0.3 is 12.1 Å². The van der Waals surface area contributed by atoms with Gasteiger partial charge in [-0.2, -0.15) is 0 Å². The molecule has 0 aromatic carbocycles. The molecule has 0 bridgehead atoms. The van der Waals surface area contributed by atoms with Crippen molar-refractivity contribution in [2.75, 3.05) is 6.61 Å². The Hall–Kier alpha value is -2.31. The van der Waals surface area contributed by atoms with Gasteiger partial charge < -0.3 is 19.7 Å². The normalized spacial score (nSPS) is 11.6. The van der Waals surface area contributed by atoms with Crippen LogP contribution in [0.2, 0.25) is 0 Å². The highest BCUT2D eigenvalue weighted by Gasteiger charge is 2.17. The van der Waals surface area contributed by atoms with Gasteiger partial charge in [0, 0.05) is 6.07 Å². The first-order valence-corrected chi connectivity index (χ1v) is 4.78. The fourth-order valence-corrected chi connectivity index (χ4v) is 1.02. The van der Waals surface area contributed by atoms with Crippen molar-refractivity contribution in [1.82, 2.24) is 10.5 Å². The fourth-order valence-electron chi connectivity index (χ4n) is 1.02. The molecule has 0 aliphatic heterocycles. The van der Waals surface area contributed by atoms with Crippen molar-refractivity contribution in [3.05, 3.63) is 30.2 Å². The van der Waals surface area contributed by atoms with Crippen LogP contribution in [-0.2, 0) is 4.74 Å². The fraction of sp³-hybridized carbons (Fsp3) is 0.300. The lowest BCUT2D eigenvalue weighted by Crippen LogP contribution is -2.27. The zero-order valence-electron chi connectivity index (χ0n) is 9.17. The number of aromatic nitrogens is 1. The Balaban J connectivity index is 2.56. The predicted molar refractivity (Wildman–Crippen MR) is 56.6 cm³/mol.